The number of benzene rings is 3. The molecule has 1 aliphatic rings. The van der Waals surface area contributed by atoms with Gasteiger partial charge in [-0.15, -0.1) is 0 Å². The Morgan fingerprint density at radius 3 is 1.00 bits per heavy atom. The Kier molecular flexibility index (Phi) is 21.6. The number of aromatic nitrogens is 3. The molecule has 1 fully saturated rings. The number of carbonyl (C=O) groups is 1. The molecule has 17 nitrogen and oxygen atoms in total. The minimum Gasteiger partial charge on any atom is -0.546 e. The summed E-state index contributed by atoms with van der Waals surface area (Å²) in [6, 6.07) is 31.0. The monoisotopic (exact) mass is 1220 g/mol. The van der Waals surface area contributed by atoms with Gasteiger partial charge in [0.2, 0.25) is 22.1 Å². The molecular weight excluding hydrogens is 1170 g/mol. The van der Waals surface area contributed by atoms with Crippen molar-refractivity contribution in [3.05, 3.63) is 160 Å². The number of rotatable bonds is 14. The second-order valence-corrected chi connectivity index (χ2v) is 24.6. The Bertz CT molecular complexity index is 3220. The molecule has 0 bridgehead atoms. The molecule has 0 spiro atoms. The van der Waals surface area contributed by atoms with Crippen molar-refractivity contribution in [2.24, 2.45) is 0 Å². The fraction of sp³-hybridized carbons (Fsp3) is 0.273. The van der Waals surface area contributed by atoms with Gasteiger partial charge in [0.1, 0.15) is 40.2 Å². The van der Waals surface area contributed by atoms with E-state index in [2.05, 4.69) is 65.2 Å². The molecular formula is C55H56EuN6O11P3+. The molecule has 3 N–H and O–H groups in total. The largest absolute Gasteiger partial charge is 2.00 e. The summed E-state index contributed by atoms with van der Waals surface area (Å²) in [5, 5.41) is 10.8. The van der Waals surface area contributed by atoms with Gasteiger partial charge in [-0.2, -0.15) is 0 Å². The third-order valence-electron chi connectivity index (χ3n) is 11.7. The number of ether oxygens (including phenoxy) is 3. The van der Waals surface area contributed by atoms with Crippen LogP contribution in [0.2, 0.25) is 0 Å². The van der Waals surface area contributed by atoms with Gasteiger partial charge in [0.15, 0.2) is 0 Å². The summed E-state index contributed by atoms with van der Waals surface area (Å²) >= 11 is 0. The Labute approximate surface area is 484 Å². The van der Waals surface area contributed by atoms with Crippen molar-refractivity contribution in [2.75, 3.05) is 80.1 Å². The molecule has 0 saturated carbocycles. The normalized spacial score (nSPS) is 15.5. The topological polar surface area (TPSA) is 228 Å². The zero-order valence-corrected chi connectivity index (χ0v) is 47.6. The standard InChI is InChI=1S/C55H57N6O11P3.Eu/c1-70-49-18-12-40(13-19-49)6-9-43-30-46(56-52(33-43)73(3,64)65)36-59-24-25-60(37-47-31-44(34-53(57-47)74(4,66)67)10-7-41-14-20-50(71-2)21-15-41)27-29-61(28-26-59)38-48-32-45(35-54(58-48)75(5,68)69)11-8-42-16-22-51(23-17-42)72-39-55(62)63;/h12-23,30-35H,24-29,36-39H2,1-5H3,(H,62,63)(H,64,65)(H,66,67)(H,68,69);/q;+2/p-1. The van der Waals surface area contributed by atoms with Crippen LogP contribution in [0.3, 0.4) is 0 Å². The predicted octanol–water partition coefficient (Wildman–Crippen LogP) is 3.61. The Morgan fingerprint density at radius 1 is 0.487 bits per heavy atom. The van der Waals surface area contributed by atoms with Crippen LogP contribution in [0, 0.1) is 84.9 Å². The predicted molar refractivity (Wildman–Crippen MR) is 286 cm³/mol. The fourth-order valence-corrected chi connectivity index (χ4v) is 9.79. The summed E-state index contributed by atoms with van der Waals surface area (Å²) in [5.41, 5.74) is 5.17. The third-order valence-corrected chi connectivity index (χ3v) is 14.9. The van der Waals surface area contributed by atoms with Crippen LogP contribution < -0.4 is 35.6 Å². The second-order valence-electron chi connectivity index (χ2n) is 18.0. The molecule has 21 heteroatoms. The van der Waals surface area contributed by atoms with Crippen LogP contribution in [0.15, 0.2) is 109 Å². The summed E-state index contributed by atoms with van der Waals surface area (Å²) in [7, 11) is -8.33. The minimum atomic E-state index is -3.86. The quantitative estimate of drug-likeness (QED) is 0.105. The Morgan fingerprint density at radius 2 is 0.750 bits per heavy atom. The van der Waals surface area contributed by atoms with E-state index in [1.807, 2.05) is 36.4 Å². The number of methoxy groups -OCH3 is 2. The van der Waals surface area contributed by atoms with Gasteiger partial charge in [0.25, 0.3) is 0 Å². The SMILES string of the molecule is COc1ccc(C#Cc2cc(CN3CCN(Cc4cc(C#Cc5ccc(OC)cc5)cc(P(C)(=O)O)n4)CCN(Cc4cc(C#Cc5ccc(OCC(=O)[O-])cc5)cc(P(C)(=O)O)n4)CC3)nc(P(C)(=O)O)c2)cc1.[Eu+2]. The van der Waals surface area contributed by atoms with Gasteiger partial charge in [-0.3, -0.25) is 28.4 Å². The molecule has 76 heavy (non-hydrogen) atoms. The summed E-state index contributed by atoms with van der Waals surface area (Å²) < 4.78 is 55.2. The van der Waals surface area contributed by atoms with Crippen molar-refractivity contribution in [2.45, 2.75) is 19.6 Å². The van der Waals surface area contributed by atoms with E-state index in [4.69, 9.17) is 14.2 Å². The van der Waals surface area contributed by atoms with Crippen LogP contribution >= 0.6 is 22.1 Å². The van der Waals surface area contributed by atoms with Crippen LogP contribution in [0.5, 0.6) is 17.2 Å². The van der Waals surface area contributed by atoms with E-state index in [1.165, 1.54) is 38.2 Å². The molecule has 7 rings (SSSR count). The molecule has 1 saturated heterocycles. The molecule has 1 aliphatic heterocycles. The van der Waals surface area contributed by atoms with Crippen LogP contribution in [-0.4, -0.2) is 130 Å². The van der Waals surface area contributed by atoms with E-state index < -0.39 is 34.7 Å². The van der Waals surface area contributed by atoms with E-state index in [-0.39, 0.29) is 85.3 Å². The molecule has 3 aromatic carbocycles. The molecule has 3 aromatic heterocycles. The first-order valence-corrected chi connectivity index (χ1v) is 29.9. The summed E-state index contributed by atoms with van der Waals surface area (Å²) in [5.74, 6) is 19.0. The number of carbonyl (C=O) groups excluding carboxylic acids is 1. The number of hydrogen-bond acceptors (Lipinski definition) is 14. The number of carboxylic acid groups (broad SMARTS) is 1. The van der Waals surface area contributed by atoms with Gasteiger partial charge in [-0.1, -0.05) is 35.5 Å². The Hall–Kier alpha value is -5.31. The molecule has 4 heterocycles. The Balaban J connectivity index is 0.00000937. The number of hydrogen-bond donors (Lipinski definition) is 3. The van der Waals surface area contributed by atoms with Gasteiger partial charge in [-0.05, 0) is 109 Å². The van der Waals surface area contributed by atoms with Gasteiger partial charge in [0.05, 0.1) is 37.3 Å². The van der Waals surface area contributed by atoms with Crippen LogP contribution in [0.1, 0.15) is 50.5 Å². The van der Waals surface area contributed by atoms with E-state index in [0.717, 1.165) is 11.1 Å². The first kappa shape index (κ1) is 59.9. The van der Waals surface area contributed by atoms with Gasteiger partial charge in [0, 0.05) is 112 Å². The first-order valence-electron chi connectivity index (χ1n) is 23.6. The van der Waals surface area contributed by atoms with E-state index in [1.54, 1.807) is 68.8 Å². The maximum atomic E-state index is 13.2. The smallest absolute Gasteiger partial charge is 0.546 e. The molecule has 393 valence electrons. The van der Waals surface area contributed by atoms with Gasteiger partial charge in [-0.25, -0.2) is 15.0 Å². The zero-order valence-electron chi connectivity index (χ0n) is 42.5. The zero-order chi connectivity index (χ0) is 53.8. The van der Waals surface area contributed by atoms with E-state index in [9.17, 15) is 38.3 Å². The van der Waals surface area contributed by atoms with Gasteiger partial charge < -0.3 is 38.8 Å². The second kappa shape index (κ2) is 27.3. The van der Waals surface area contributed by atoms with Crippen molar-refractivity contribution in [3.8, 4) is 52.8 Å². The fourth-order valence-electron chi connectivity index (χ4n) is 7.72. The van der Waals surface area contributed by atoms with Crippen molar-refractivity contribution >= 4 is 44.4 Å². The molecule has 0 amide bonds. The van der Waals surface area contributed by atoms with Crippen molar-refractivity contribution in [1.29, 1.82) is 0 Å². The van der Waals surface area contributed by atoms with Crippen molar-refractivity contribution in [1.82, 2.24) is 29.7 Å². The van der Waals surface area contributed by atoms with Crippen LogP contribution in [-0.2, 0) is 38.1 Å². The van der Waals surface area contributed by atoms with Crippen LogP contribution in [0.4, 0.5) is 0 Å². The first-order chi connectivity index (χ1) is 35.7. The molecule has 6 aromatic rings. The maximum absolute atomic E-state index is 13.2. The number of carboxylic acids is 1. The van der Waals surface area contributed by atoms with Crippen molar-refractivity contribution < 1.29 is 102 Å². The average Bonchev–Trinajstić information content (AvgIpc) is 3.46. The average molecular weight is 1220 g/mol. The number of pyridine rings is 3. The molecule has 3 atom stereocenters. The molecule has 0 aliphatic carbocycles. The number of nitrogens with zero attached hydrogens (tertiary/aromatic N) is 6. The maximum Gasteiger partial charge on any atom is 2.00 e. The summed E-state index contributed by atoms with van der Waals surface area (Å²) in [6.07, 6.45) is 0. The van der Waals surface area contributed by atoms with Crippen molar-refractivity contribution in [3.63, 3.8) is 0 Å². The molecule has 3 unspecified atom stereocenters. The molecule has 1 radical (unpaired) electrons. The minimum absolute atomic E-state index is 0. The third kappa shape index (κ3) is 18.7. The number of aliphatic carboxylic acids is 1. The van der Waals surface area contributed by atoms with Crippen LogP contribution in [0.25, 0.3) is 0 Å². The van der Waals surface area contributed by atoms with E-state index >= 15 is 0 Å². The van der Waals surface area contributed by atoms with Gasteiger partial charge >= 0.3 is 49.4 Å². The summed E-state index contributed by atoms with van der Waals surface area (Å²) in [6.45, 7) is 7.04. The van der Waals surface area contributed by atoms with E-state index in [0.29, 0.717) is 95.9 Å². The summed E-state index contributed by atoms with van der Waals surface area (Å²) in [4.78, 5) is 63.7.